The smallest absolute Gasteiger partial charge is 0.0707 e. The standard InChI is InChI=1S/C18H23N.C17H19N.C2H6/c1-7-14(4)16(6)19-18(12-13(2)3)17-11-9-8-10-15(17)5;1-4-15-7-11-17(12-8-15)18-14(3)16-9-5-13(2)6-10-16;1-2/h7-12H,1H2,2-6H3;5-12,18H,3-4H2,1-2H3;1-2H3/b16-14+,19-18?;;. The van der Waals surface area contributed by atoms with Crippen molar-refractivity contribution in [1.29, 1.82) is 0 Å². The minimum absolute atomic E-state index is 0.930. The summed E-state index contributed by atoms with van der Waals surface area (Å²) in [4.78, 5) is 4.77. The van der Waals surface area contributed by atoms with Crippen molar-refractivity contribution >= 4 is 17.1 Å². The number of aryl methyl sites for hydroxylation is 3. The van der Waals surface area contributed by atoms with Gasteiger partial charge in [-0.1, -0.05) is 112 Å². The molecule has 0 heterocycles. The molecular formula is C37H48N2. The first kappa shape index (κ1) is 33.1. The van der Waals surface area contributed by atoms with Gasteiger partial charge in [0.2, 0.25) is 0 Å². The topological polar surface area (TPSA) is 24.4 Å². The molecule has 0 atom stereocenters. The number of nitrogens with zero attached hydrogens (tertiary/aromatic N) is 1. The van der Waals surface area contributed by atoms with Gasteiger partial charge in [-0.05, 0) is 88.4 Å². The molecule has 0 saturated carbocycles. The Hall–Kier alpha value is -3.91. The normalized spacial score (nSPS) is 11.1. The van der Waals surface area contributed by atoms with Crippen LogP contribution in [0.1, 0.15) is 76.3 Å². The first-order chi connectivity index (χ1) is 18.6. The van der Waals surface area contributed by atoms with E-state index >= 15 is 0 Å². The molecule has 1 N–H and O–H groups in total. The van der Waals surface area contributed by atoms with Gasteiger partial charge in [0.15, 0.2) is 0 Å². The van der Waals surface area contributed by atoms with E-state index in [4.69, 9.17) is 4.99 Å². The number of hydrogen-bond acceptors (Lipinski definition) is 2. The van der Waals surface area contributed by atoms with Gasteiger partial charge in [-0.15, -0.1) is 0 Å². The van der Waals surface area contributed by atoms with E-state index in [1.165, 1.54) is 27.8 Å². The van der Waals surface area contributed by atoms with Crippen LogP contribution in [0.3, 0.4) is 0 Å². The van der Waals surface area contributed by atoms with E-state index in [2.05, 4.69) is 132 Å². The molecular weight excluding hydrogens is 472 g/mol. The van der Waals surface area contributed by atoms with Gasteiger partial charge in [0, 0.05) is 22.6 Å². The molecule has 0 unspecified atom stereocenters. The van der Waals surface area contributed by atoms with E-state index in [0.717, 1.165) is 40.4 Å². The molecule has 3 rings (SSSR count). The Morgan fingerprint density at radius 2 is 1.44 bits per heavy atom. The van der Waals surface area contributed by atoms with Gasteiger partial charge in [-0.2, -0.15) is 0 Å². The predicted molar refractivity (Wildman–Crippen MR) is 177 cm³/mol. The van der Waals surface area contributed by atoms with Crippen molar-refractivity contribution in [3.8, 4) is 0 Å². The highest BCUT2D eigenvalue weighted by Crippen LogP contribution is 2.18. The van der Waals surface area contributed by atoms with Crippen molar-refractivity contribution in [2.75, 3.05) is 5.32 Å². The first-order valence-corrected chi connectivity index (χ1v) is 13.9. The molecule has 3 aromatic rings. The fraction of sp³-hybridized carbons (Fsp3) is 0.270. The van der Waals surface area contributed by atoms with Gasteiger partial charge in [0.25, 0.3) is 0 Å². The molecule has 0 saturated heterocycles. The van der Waals surface area contributed by atoms with E-state index < -0.39 is 0 Å². The van der Waals surface area contributed by atoms with Crippen molar-refractivity contribution in [2.24, 2.45) is 4.99 Å². The monoisotopic (exact) mass is 520 g/mol. The molecule has 0 amide bonds. The maximum absolute atomic E-state index is 4.77. The van der Waals surface area contributed by atoms with Crippen LogP contribution in [0.5, 0.6) is 0 Å². The van der Waals surface area contributed by atoms with Crippen LogP contribution in [0.4, 0.5) is 5.69 Å². The summed E-state index contributed by atoms with van der Waals surface area (Å²) in [5.74, 6) is 0. The Bertz CT molecular complexity index is 1280. The molecule has 0 aromatic heterocycles. The second kappa shape index (κ2) is 17.6. The molecule has 0 aliphatic heterocycles. The zero-order chi connectivity index (χ0) is 29.4. The lowest BCUT2D eigenvalue weighted by Gasteiger charge is -2.10. The second-order valence-corrected chi connectivity index (χ2v) is 9.53. The highest BCUT2D eigenvalue weighted by molar-refractivity contribution is 6.10. The van der Waals surface area contributed by atoms with Crippen molar-refractivity contribution in [2.45, 2.75) is 68.7 Å². The lowest BCUT2D eigenvalue weighted by molar-refractivity contribution is 1.14. The van der Waals surface area contributed by atoms with Crippen LogP contribution in [0.2, 0.25) is 0 Å². The van der Waals surface area contributed by atoms with Crippen molar-refractivity contribution in [3.05, 3.63) is 143 Å². The number of allylic oxidation sites excluding steroid dienone is 5. The van der Waals surface area contributed by atoms with E-state index in [1.54, 1.807) is 0 Å². The molecule has 0 spiro atoms. The number of nitrogens with one attached hydrogen (secondary N) is 1. The van der Waals surface area contributed by atoms with Gasteiger partial charge in [-0.25, -0.2) is 0 Å². The summed E-state index contributed by atoms with van der Waals surface area (Å²) < 4.78 is 0. The highest BCUT2D eigenvalue weighted by Gasteiger charge is 2.05. The molecule has 39 heavy (non-hydrogen) atoms. The summed E-state index contributed by atoms with van der Waals surface area (Å²) in [6, 6.07) is 25.2. The summed E-state index contributed by atoms with van der Waals surface area (Å²) in [6.07, 6.45) is 5.04. The quantitative estimate of drug-likeness (QED) is 0.232. The highest BCUT2D eigenvalue weighted by atomic mass is 14.9. The van der Waals surface area contributed by atoms with Crippen molar-refractivity contribution in [3.63, 3.8) is 0 Å². The summed E-state index contributed by atoms with van der Waals surface area (Å²) in [5, 5.41) is 3.33. The Balaban J connectivity index is 0.000000367. The Labute approximate surface area is 238 Å². The zero-order valence-corrected chi connectivity index (χ0v) is 25.7. The number of hydrogen-bond donors (Lipinski definition) is 1. The zero-order valence-electron chi connectivity index (χ0n) is 25.7. The SMILES string of the molecule is C=C(Nc1ccc(CC)cc1)c1ccc(C)cc1.C=C/C(C)=C(\C)N=C(C=C(C)C)c1ccccc1C.CC. The predicted octanol–water partition coefficient (Wildman–Crippen LogP) is 10.9. The molecule has 2 heteroatoms. The van der Waals surface area contributed by atoms with Crippen LogP contribution in [0, 0.1) is 13.8 Å². The van der Waals surface area contributed by atoms with Crippen molar-refractivity contribution < 1.29 is 0 Å². The number of benzene rings is 3. The summed E-state index contributed by atoms with van der Waals surface area (Å²) in [5.41, 5.74) is 12.5. The van der Waals surface area contributed by atoms with E-state index in [-0.39, 0.29) is 0 Å². The van der Waals surface area contributed by atoms with Gasteiger partial charge in [0.1, 0.15) is 0 Å². The Morgan fingerprint density at radius 1 is 0.846 bits per heavy atom. The fourth-order valence-electron chi connectivity index (χ4n) is 3.55. The average Bonchev–Trinajstić information content (AvgIpc) is 2.94. The van der Waals surface area contributed by atoms with Gasteiger partial charge in [-0.3, -0.25) is 4.99 Å². The van der Waals surface area contributed by atoms with Gasteiger partial charge < -0.3 is 5.32 Å². The third-order valence-electron chi connectivity index (χ3n) is 6.07. The molecule has 206 valence electrons. The second-order valence-electron chi connectivity index (χ2n) is 9.53. The number of aliphatic imine (C=N–C) groups is 1. The van der Waals surface area contributed by atoms with Crippen LogP contribution in [-0.2, 0) is 6.42 Å². The van der Waals surface area contributed by atoms with Crippen LogP contribution in [-0.4, -0.2) is 5.71 Å². The molecule has 0 aliphatic carbocycles. The number of anilines is 1. The Morgan fingerprint density at radius 3 is 1.95 bits per heavy atom. The maximum Gasteiger partial charge on any atom is 0.0707 e. The van der Waals surface area contributed by atoms with Crippen molar-refractivity contribution in [1.82, 2.24) is 0 Å². The minimum atomic E-state index is 0.930. The largest absolute Gasteiger partial charge is 0.356 e. The molecule has 2 nitrogen and oxygen atoms in total. The van der Waals surface area contributed by atoms with Gasteiger partial charge in [0.05, 0.1) is 5.71 Å². The fourth-order valence-corrected chi connectivity index (χ4v) is 3.55. The average molecular weight is 521 g/mol. The third-order valence-corrected chi connectivity index (χ3v) is 6.07. The summed E-state index contributed by atoms with van der Waals surface area (Å²) >= 11 is 0. The van der Waals surface area contributed by atoms with E-state index in [0.29, 0.717) is 0 Å². The first-order valence-electron chi connectivity index (χ1n) is 13.9. The van der Waals surface area contributed by atoms with Crippen LogP contribution in [0.15, 0.2) is 120 Å². The molecule has 0 aliphatic rings. The minimum Gasteiger partial charge on any atom is -0.356 e. The Kier molecular flexibility index (Phi) is 14.9. The van der Waals surface area contributed by atoms with Gasteiger partial charge >= 0.3 is 0 Å². The van der Waals surface area contributed by atoms with E-state index in [9.17, 15) is 0 Å². The molecule has 0 bridgehead atoms. The number of rotatable bonds is 8. The van der Waals surface area contributed by atoms with E-state index in [1.807, 2.05) is 33.8 Å². The van der Waals surface area contributed by atoms with Crippen LogP contribution in [0.25, 0.3) is 5.70 Å². The molecule has 3 aromatic carbocycles. The molecule has 0 radical (unpaired) electrons. The lowest BCUT2D eigenvalue weighted by atomic mass is 10.0. The lowest BCUT2D eigenvalue weighted by Crippen LogP contribution is -2.01. The molecule has 0 fully saturated rings. The third kappa shape index (κ3) is 11.6. The summed E-state index contributed by atoms with van der Waals surface area (Å²) in [6.45, 7) is 26.5. The van der Waals surface area contributed by atoms with Crippen LogP contribution < -0.4 is 5.32 Å². The summed E-state index contributed by atoms with van der Waals surface area (Å²) in [7, 11) is 0. The maximum atomic E-state index is 4.77. The van der Waals surface area contributed by atoms with Crippen LogP contribution >= 0.6 is 0 Å².